The predicted octanol–water partition coefficient (Wildman–Crippen LogP) is 2.76. The van der Waals surface area contributed by atoms with E-state index in [1.807, 2.05) is 11.0 Å². The number of urea groups is 1. The Morgan fingerprint density at radius 1 is 0.969 bits per heavy atom. The summed E-state index contributed by atoms with van der Waals surface area (Å²) in [6, 6.07) is 15.5. The summed E-state index contributed by atoms with van der Waals surface area (Å²) in [4.78, 5) is 54.0. The third-order valence-electron chi connectivity index (χ3n) is 5.95. The summed E-state index contributed by atoms with van der Waals surface area (Å²) in [5, 5.41) is 2.85. The number of hydrogen-bond donors (Lipinski definition) is 1. The van der Waals surface area contributed by atoms with Gasteiger partial charge in [-0.05, 0) is 56.2 Å². The Morgan fingerprint density at radius 2 is 1.62 bits per heavy atom. The van der Waals surface area contributed by atoms with Crippen molar-refractivity contribution in [3.63, 3.8) is 0 Å². The highest BCUT2D eigenvalue weighted by Gasteiger charge is 2.41. The van der Waals surface area contributed by atoms with Gasteiger partial charge < -0.3 is 10.2 Å². The molecule has 8 heteroatoms. The van der Waals surface area contributed by atoms with Gasteiger partial charge in [-0.25, -0.2) is 9.69 Å². The number of anilines is 2. The molecule has 0 aliphatic carbocycles. The minimum atomic E-state index is -0.272. The summed E-state index contributed by atoms with van der Waals surface area (Å²) in [7, 11) is 0. The fraction of sp³-hybridized carbons (Fsp3) is 0.333. The van der Waals surface area contributed by atoms with Crippen LogP contribution < -0.4 is 10.2 Å². The summed E-state index contributed by atoms with van der Waals surface area (Å²) in [5.41, 5.74) is 1.85. The predicted molar refractivity (Wildman–Crippen MR) is 121 cm³/mol. The molecule has 8 nitrogen and oxygen atoms in total. The van der Waals surface area contributed by atoms with Crippen molar-refractivity contribution < 1.29 is 19.2 Å². The van der Waals surface area contributed by atoms with Gasteiger partial charge in [0, 0.05) is 30.4 Å². The highest BCUT2D eigenvalue weighted by Crippen LogP contribution is 2.26. The van der Waals surface area contributed by atoms with E-state index in [4.69, 9.17) is 0 Å². The van der Waals surface area contributed by atoms with E-state index >= 15 is 0 Å². The van der Waals surface area contributed by atoms with E-state index in [9.17, 15) is 19.2 Å². The number of likely N-dealkylation sites (tertiary alicyclic amines) is 1. The normalized spacial score (nSPS) is 17.7. The molecule has 0 atom stereocenters. The monoisotopic (exact) mass is 434 g/mol. The molecule has 2 aromatic rings. The van der Waals surface area contributed by atoms with Gasteiger partial charge in [-0.1, -0.05) is 18.2 Å². The average Bonchev–Trinajstić information content (AvgIpc) is 3.09. The van der Waals surface area contributed by atoms with E-state index in [0.717, 1.165) is 0 Å². The summed E-state index contributed by atoms with van der Waals surface area (Å²) >= 11 is 0. The molecule has 0 aromatic heterocycles. The fourth-order valence-corrected chi connectivity index (χ4v) is 4.22. The number of para-hydroxylation sites is 1. The summed E-state index contributed by atoms with van der Waals surface area (Å²) in [5.74, 6) is -0.351. The highest BCUT2D eigenvalue weighted by atomic mass is 16.2. The van der Waals surface area contributed by atoms with Crippen LogP contribution in [0.25, 0.3) is 0 Å². The zero-order valence-corrected chi connectivity index (χ0v) is 18.0. The molecule has 2 aliphatic heterocycles. The van der Waals surface area contributed by atoms with Crippen molar-refractivity contribution in [1.29, 1.82) is 0 Å². The maximum absolute atomic E-state index is 12.9. The van der Waals surface area contributed by atoms with Gasteiger partial charge in [0.15, 0.2) is 5.78 Å². The van der Waals surface area contributed by atoms with Crippen LogP contribution in [0.15, 0.2) is 54.6 Å². The molecule has 4 rings (SSSR count). The fourth-order valence-electron chi connectivity index (χ4n) is 4.22. The molecule has 32 heavy (non-hydrogen) atoms. The number of carbonyl (C=O) groups excluding carboxylic acids is 4. The van der Waals surface area contributed by atoms with Crippen LogP contribution in [-0.4, -0.2) is 65.6 Å². The van der Waals surface area contributed by atoms with Crippen molar-refractivity contribution in [1.82, 2.24) is 9.80 Å². The zero-order valence-electron chi connectivity index (χ0n) is 18.0. The van der Waals surface area contributed by atoms with Crippen LogP contribution in [0.5, 0.6) is 0 Å². The standard InChI is InChI=1S/C24H26N4O4/c1-17(29)18-7-9-19(10-8-18)25-22(30)15-26-13-11-20(12-14-26)27-16-23(31)28(24(27)32)21-5-3-2-4-6-21/h2-10,20H,11-16H2,1H3,(H,25,30). The van der Waals surface area contributed by atoms with Crippen molar-refractivity contribution in [2.75, 3.05) is 36.4 Å². The molecule has 2 heterocycles. The molecule has 2 saturated heterocycles. The lowest BCUT2D eigenvalue weighted by Crippen LogP contribution is -2.48. The average molecular weight is 434 g/mol. The number of carbonyl (C=O) groups is 4. The third kappa shape index (κ3) is 4.70. The van der Waals surface area contributed by atoms with Gasteiger partial charge in [0.1, 0.15) is 6.54 Å². The quantitative estimate of drug-likeness (QED) is 0.558. The molecule has 0 spiro atoms. The number of piperidine rings is 1. The SMILES string of the molecule is CC(=O)c1ccc(NC(=O)CN2CCC(N3CC(=O)N(c4ccccc4)C3=O)CC2)cc1. The first-order valence-electron chi connectivity index (χ1n) is 10.7. The first-order valence-corrected chi connectivity index (χ1v) is 10.7. The summed E-state index contributed by atoms with van der Waals surface area (Å²) < 4.78 is 0. The Morgan fingerprint density at radius 3 is 2.25 bits per heavy atom. The maximum atomic E-state index is 12.9. The van der Waals surface area contributed by atoms with Crippen LogP contribution >= 0.6 is 0 Å². The third-order valence-corrected chi connectivity index (χ3v) is 5.95. The lowest BCUT2D eigenvalue weighted by Gasteiger charge is -2.35. The largest absolute Gasteiger partial charge is 0.332 e. The Kier molecular flexibility index (Phi) is 6.32. The first-order chi connectivity index (χ1) is 15.4. The number of nitrogens with one attached hydrogen (secondary N) is 1. The number of ketones is 1. The Bertz CT molecular complexity index is 1010. The smallest absolute Gasteiger partial charge is 0.325 e. The number of amides is 4. The lowest BCUT2D eigenvalue weighted by atomic mass is 10.0. The molecule has 0 radical (unpaired) electrons. The van der Waals surface area contributed by atoms with E-state index in [-0.39, 0.29) is 42.8 Å². The second-order valence-corrected chi connectivity index (χ2v) is 8.16. The number of Topliss-reactive ketones (excluding diaryl/α,β-unsaturated/α-hetero) is 1. The van der Waals surface area contributed by atoms with Gasteiger partial charge in [0.2, 0.25) is 5.91 Å². The van der Waals surface area contributed by atoms with Gasteiger partial charge >= 0.3 is 6.03 Å². The molecule has 4 amide bonds. The van der Waals surface area contributed by atoms with Crippen molar-refractivity contribution in [3.8, 4) is 0 Å². The van der Waals surface area contributed by atoms with E-state index in [1.54, 1.807) is 53.4 Å². The molecule has 1 N–H and O–H groups in total. The number of nitrogens with zero attached hydrogens (tertiary/aromatic N) is 3. The van der Waals surface area contributed by atoms with Gasteiger partial charge in [-0.3, -0.25) is 19.3 Å². The number of benzene rings is 2. The van der Waals surface area contributed by atoms with Crippen LogP contribution in [0.1, 0.15) is 30.1 Å². The van der Waals surface area contributed by atoms with Crippen molar-refractivity contribution in [2.45, 2.75) is 25.8 Å². The van der Waals surface area contributed by atoms with E-state index < -0.39 is 0 Å². The van der Waals surface area contributed by atoms with Gasteiger partial charge in [0.05, 0.1) is 12.2 Å². The van der Waals surface area contributed by atoms with Crippen molar-refractivity contribution in [2.24, 2.45) is 0 Å². The van der Waals surface area contributed by atoms with Crippen LogP contribution in [-0.2, 0) is 9.59 Å². The second kappa shape index (κ2) is 9.32. The number of imide groups is 1. The molecular formula is C24H26N4O4. The van der Waals surface area contributed by atoms with Gasteiger partial charge in [0.25, 0.3) is 5.91 Å². The van der Waals surface area contributed by atoms with Crippen molar-refractivity contribution >= 4 is 35.0 Å². The lowest BCUT2D eigenvalue weighted by molar-refractivity contribution is -0.117. The molecule has 0 bridgehead atoms. The second-order valence-electron chi connectivity index (χ2n) is 8.16. The Balaban J connectivity index is 1.28. The van der Waals surface area contributed by atoms with Gasteiger partial charge in [-0.15, -0.1) is 0 Å². The number of hydrogen-bond acceptors (Lipinski definition) is 5. The molecule has 2 aromatic carbocycles. The van der Waals surface area contributed by atoms with Crippen LogP contribution in [0, 0.1) is 0 Å². The van der Waals surface area contributed by atoms with Crippen molar-refractivity contribution in [3.05, 3.63) is 60.2 Å². The Labute approximate surface area is 186 Å². The Hall–Kier alpha value is -3.52. The molecule has 2 aliphatic rings. The van der Waals surface area contributed by atoms with E-state index in [0.29, 0.717) is 42.9 Å². The molecule has 0 saturated carbocycles. The maximum Gasteiger partial charge on any atom is 0.332 e. The topological polar surface area (TPSA) is 90.0 Å². The highest BCUT2D eigenvalue weighted by molar-refractivity contribution is 6.19. The zero-order chi connectivity index (χ0) is 22.7. The van der Waals surface area contributed by atoms with Crippen LogP contribution in [0.4, 0.5) is 16.2 Å². The molecule has 0 unspecified atom stereocenters. The van der Waals surface area contributed by atoms with Gasteiger partial charge in [-0.2, -0.15) is 0 Å². The van der Waals surface area contributed by atoms with E-state index in [1.165, 1.54) is 11.8 Å². The summed E-state index contributed by atoms with van der Waals surface area (Å²) in [6.45, 7) is 3.19. The minimum Gasteiger partial charge on any atom is -0.325 e. The molecular weight excluding hydrogens is 408 g/mol. The van der Waals surface area contributed by atoms with E-state index in [2.05, 4.69) is 5.32 Å². The molecule has 2 fully saturated rings. The minimum absolute atomic E-state index is 0.0152. The summed E-state index contributed by atoms with van der Waals surface area (Å²) in [6.07, 6.45) is 1.42. The van der Waals surface area contributed by atoms with Crippen LogP contribution in [0.3, 0.4) is 0 Å². The first kappa shape index (κ1) is 21.7. The molecule has 166 valence electrons. The van der Waals surface area contributed by atoms with Crippen LogP contribution in [0.2, 0.25) is 0 Å². The number of rotatable bonds is 6.